The molecule has 6 unspecified atom stereocenters. The lowest BCUT2D eigenvalue weighted by molar-refractivity contribution is -0.301. The van der Waals surface area contributed by atoms with Crippen LogP contribution in [0.5, 0.6) is 0 Å². The summed E-state index contributed by atoms with van der Waals surface area (Å²) in [6.45, 7) is 3.57. The summed E-state index contributed by atoms with van der Waals surface area (Å²) in [6, 6.07) is 0. The van der Waals surface area contributed by atoms with Crippen molar-refractivity contribution in [1.29, 1.82) is 0 Å². The van der Waals surface area contributed by atoms with E-state index in [9.17, 15) is 28.5 Å². The SMILES string of the molecule is CC/C=C\C/C=C\C/C=C\C/C=C\C/C=C\CCCCOCC(COC1OC(CO)C(O)C(OS(=O)(=O)O)C1O)OC(=O)CCCCC/C=C\C/C=C\C/C=C\CC. The molecule has 0 bridgehead atoms. The predicted molar refractivity (Wildman–Crippen MR) is 229 cm³/mol. The molecule has 0 aliphatic carbocycles. The van der Waals surface area contributed by atoms with Gasteiger partial charge in [-0.05, 0) is 89.9 Å². The lowest BCUT2D eigenvalue weighted by atomic mass is 9.99. The summed E-state index contributed by atoms with van der Waals surface area (Å²) in [6.07, 6.45) is 38.8. The third-order valence-electron chi connectivity index (χ3n) is 8.70. The Bertz CT molecular complexity index is 1380. The molecular weight excluding hydrogens is 765 g/mol. The van der Waals surface area contributed by atoms with Gasteiger partial charge in [-0.25, -0.2) is 4.18 Å². The molecule has 0 aromatic carbocycles. The molecule has 1 heterocycles. The molecule has 1 aliphatic heterocycles. The zero-order chi connectivity index (χ0) is 42.5. The fourth-order valence-electron chi connectivity index (χ4n) is 5.59. The van der Waals surface area contributed by atoms with Gasteiger partial charge in [-0.15, -0.1) is 0 Å². The molecule has 1 saturated heterocycles. The Hall–Kier alpha value is -2.98. The van der Waals surface area contributed by atoms with Crippen molar-refractivity contribution < 1.29 is 56.2 Å². The van der Waals surface area contributed by atoms with Gasteiger partial charge in [-0.1, -0.05) is 117 Å². The summed E-state index contributed by atoms with van der Waals surface area (Å²) in [4.78, 5) is 12.8. The van der Waals surface area contributed by atoms with E-state index in [0.29, 0.717) is 13.0 Å². The highest BCUT2D eigenvalue weighted by molar-refractivity contribution is 7.80. The van der Waals surface area contributed by atoms with Crippen molar-refractivity contribution in [3.8, 4) is 0 Å². The van der Waals surface area contributed by atoms with Gasteiger partial charge in [0.1, 0.15) is 30.5 Å². The van der Waals surface area contributed by atoms with E-state index in [1.54, 1.807) is 0 Å². The molecule has 1 rings (SSSR count). The van der Waals surface area contributed by atoms with Crippen LogP contribution in [0.2, 0.25) is 0 Å². The van der Waals surface area contributed by atoms with Gasteiger partial charge < -0.3 is 34.3 Å². The first-order chi connectivity index (χ1) is 28.1. The van der Waals surface area contributed by atoms with E-state index in [4.69, 9.17) is 23.5 Å². The number of carbonyl (C=O) groups excluding carboxylic acids is 1. The van der Waals surface area contributed by atoms with Crippen LogP contribution in [0.1, 0.15) is 117 Å². The molecule has 1 fully saturated rings. The first kappa shape index (κ1) is 53.0. The highest BCUT2D eigenvalue weighted by Crippen LogP contribution is 2.26. The molecule has 13 heteroatoms. The minimum absolute atomic E-state index is 0.0125. The first-order valence-electron chi connectivity index (χ1n) is 21.0. The maximum atomic E-state index is 12.8. The van der Waals surface area contributed by atoms with Gasteiger partial charge in [-0.3, -0.25) is 9.35 Å². The molecule has 0 spiro atoms. The number of aliphatic hydroxyl groups is 3. The minimum Gasteiger partial charge on any atom is -0.457 e. The standard InChI is InChI=1S/C45H72O12S/c1-3-5-7-9-11-13-15-17-18-19-20-21-23-25-27-29-31-33-35-53-37-39(38-54-45-43(49)44(57-58(50,51)52)42(48)40(36-46)56-45)55-41(47)34-32-30-28-26-24-22-16-14-12-10-8-6-4-2/h5-8,11-14,17-18,20-22,24-25,27,39-40,42-46,48-49H,3-4,9-10,15-16,19,23,26,28-38H2,1-2H3,(H,50,51,52)/b7-5-,8-6-,13-11-,14-12-,18-17-,21-20-,24-22-,27-25-. The van der Waals surface area contributed by atoms with Crippen LogP contribution >= 0.6 is 0 Å². The van der Waals surface area contributed by atoms with Crippen molar-refractivity contribution >= 4 is 16.4 Å². The molecule has 330 valence electrons. The van der Waals surface area contributed by atoms with Crippen LogP contribution in [0.25, 0.3) is 0 Å². The fraction of sp³-hybridized carbons (Fsp3) is 0.622. The number of hydrogen-bond donors (Lipinski definition) is 4. The van der Waals surface area contributed by atoms with Crippen molar-refractivity contribution in [2.24, 2.45) is 0 Å². The van der Waals surface area contributed by atoms with E-state index in [0.717, 1.165) is 89.9 Å². The molecule has 0 radical (unpaired) electrons. The monoisotopic (exact) mass is 836 g/mol. The Morgan fingerprint density at radius 1 is 0.655 bits per heavy atom. The summed E-state index contributed by atoms with van der Waals surface area (Å²) in [5.74, 6) is -0.449. The van der Waals surface area contributed by atoms with Crippen LogP contribution in [-0.4, -0.2) is 97.5 Å². The smallest absolute Gasteiger partial charge is 0.397 e. The van der Waals surface area contributed by atoms with Gasteiger partial charge in [0.25, 0.3) is 0 Å². The van der Waals surface area contributed by atoms with Crippen LogP contribution in [0.15, 0.2) is 97.2 Å². The maximum absolute atomic E-state index is 12.8. The van der Waals surface area contributed by atoms with E-state index in [1.165, 1.54) is 0 Å². The summed E-state index contributed by atoms with van der Waals surface area (Å²) in [5.41, 5.74) is 0. The molecule has 1 aliphatic rings. The first-order valence-corrected chi connectivity index (χ1v) is 22.4. The molecule has 58 heavy (non-hydrogen) atoms. The number of rotatable bonds is 34. The van der Waals surface area contributed by atoms with E-state index in [-0.39, 0.29) is 19.6 Å². The van der Waals surface area contributed by atoms with Crippen LogP contribution < -0.4 is 0 Å². The molecule has 4 N–H and O–H groups in total. The van der Waals surface area contributed by atoms with Gasteiger partial charge >= 0.3 is 16.4 Å². The summed E-state index contributed by atoms with van der Waals surface area (Å²) < 4.78 is 58.8. The Kier molecular flexibility index (Phi) is 32.8. The third kappa shape index (κ3) is 29.3. The average molecular weight is 837 g/mol. The van der Waals surface area contributed by atoms with Crippen molar-refractivity contribution in [3.05, 3.63) is 97.2 Å². The second-order valence-corrected chi connectivity index (χ2v) is 14.9. The van der Waals surface area contributed by atoms with Crippen molar-refractivity contribution in [3.63, 3.8) is 0 Å². The minimum atomic E-state index is -5.08. The lowest BCUT2D eigenvalue weighted by Crippen LogP contribution is -2.60. The number of aliphatic hydroxyl groups excluding tert-OH is 3. The number of allylic oxidation sites excluding steroid dienone is 16. The average Bonchev–Trinajstić information content (AvgIpc) is 3.19. The van der Waals surface area contributed by atoms with Gasteiger partial charge in [0.05, 0.1) is 19.8 Å². The fourth-order valence-corrected chi connectivity index (χ4v) is 6.10. The normalized spacial score (nSPS) is 21.5. The number of unbranched alkanes of at least 4 members (excludes halogenated alkanes) is 5. The van der Waals surface area contributed by atoms with Crippen LogP contribution in [0.4, 0.5) is 0 Å². The largest absolute Gasteiger partial charge is 0.457 e. The van der Waals surface area contributed by atoms with Crippen LogP contribution in [0, 0.1) is 0 Å². The van der Waals surface area contributed by atoms with Gasteiger partial charge in [-0.2, -0.15) is 8.42 Å². The Morgan fingerprint density at radius 3 is 1.62 bits per heavy atom. The number of esters is 1. The van der Waals surface area contributed by atoms with E-state index < -0.39 is 59.8 Å². The van der Waals surface area contributed by atoms with Gasteiger partial charge in [0.2, 0.25) is 0 Å². The van der Waals surface area contributed by atoms with Crippen molar-refractivity contribution in [2.45, 2.75) is 153 Å². The lowest BCUT2D eigenvalue weighted by Gasteiger charge is -2.41. The van der Waals surface area contributed by atoms with Crippen molar-refractivity contribution in [1.82, 2.24) is 0 Å². The molecular formula is C45H72O12S. The highest BCUT2D eigenvalue weighted by Gasteiger charge is 2.48. The second-order valence-electron chi connectivity index (χ2n) is 13.8. The Morgan fingerprint density at radius 2 is 1.14 bits per heavy atom. The van der Waals surface area contributed by atoms with Crippen molar-refractivity contribution in [2.75, 3.05) is 26.4 Å². The number of carbonyl (C=O) groups is 1. The third-order valence-corrected chi connectivity index (χ3v) is 9.17. The number of hydrogen-bond acceptors (Lipinski definition) is 11. The molecule has 0 amide bonds. The zero-order valence-electron chi connectivity index (χ0n) is 34.8. The second kappa shape index (κ2) is 35.9. The molecule has 0 saturated carbocycles. The van der Waals surface area contributed by atoms with Gasteiger partial charge in [0, 0.05) is 13.0 Å². The van der Waals surface area contributed by atoms with Gasteiger partial charge in [0.15, 0.2) is 6.29 Å². The summed E-state index contributed by atoms with van der Waals surface area (Å²) in [7, 11) is -5.08. The van der Waals surface area contributed by atoms with E-state index >= 15 is 0 Å². The zero-order valence-corrected chi connectivity index (χ0v) is 35.6. The van der Waals surface area contributed by atoms with E-state index in [2.05, 4.69) is 115 Å². The summed E-state index contributed by atoms with van der Waals surface area (Å²) >= 11 is 0. The molecule has 6 atom stereocenters. The molecule has 12 nitrogen and oxygen atoms in total. The topological polar surface area (TPSA) is 178 Å². The maximum Gasteiger partial charge on any atom is 0.397 e. The molecule has 0 aromatic rings. The summed E-state index contributed by atoms with van der Waals surface area (Å²) in [5, 5.41) is 30.6. The Labute approximate surface area is 348 Å². The Balaban J connectivity index is 2.53. The van der Waals surface area contributed by atoms with Crippen LogP contribution in [-0.2, 0) is 38.3 Å². The quantitative estimate of drug-likeness (QED) is 0.0211. The predicted octanol–water partition coefficient (Wildman–Crippen LogP) is 8.29. The van der Waals surface area contributed by atoms with E-state index in [1.807, 2.05) is 0 Å². The highest BCUT2D eigenvalue weighted by atomic mass is 32.3. The number of ether oxygens (including phenoxy) is 4. The van der Waals surface area contributed by atoms with Crippen LogP contribution in [0.3, 0.4) is 0 Å². The molecule has 0 aromatic heterocycles.